The van der Waals surface area contributed by atoms with E-state index in [0.717, 1.165) is 5.56 Å². The van der Waals surface area contributed by atoms with E-state index in [-0.39, 0.29) is 38.1 Å². The number of carbonyl (C=O) groups excluding carboxylic acids is 2. The third-order valence-electron chi connectivity index (χ3n) is 5.00. The van der Waals surface area contributed by atoms with Gasteiger partial charge in [0.1, 0.15) is 11.4 Å². The largest absolute Gasteiger partial charge is 0.460 e. The molecule has 2 fully saturated rings. The fourth-order valence-corrected chi connectivity index (χ4v) is 4.02. The Morgan fingerprint density at radius 1 is 1.20 bits per heavy atom. The number of esters is 1. The molecule has 1 spiro atoms. The SMILES string of the molecule is CC(C)(C)OC(=O)C[C@H]1C[C@H](O)C[C@@]2(CC(=O)C[C@H](COCc3ccccc3)O2)O1. The number of hydrogen-bond donors (Lipinski definition) is 1. The summed E-state index contributed by atoms with van der Waals surface area (Å²) in [6.07, 6.45) is -0.947. The molecule has 0 bridgehead atoms. The van der Waals surface area contributed by atoms with Crippen LogP contribution in [0, 0.1) is 0 Å². The van der Waals surface area contributed by atoms with Crippen LogP contribution in [0.25, 0.3) is 0 Å². The molecule has 7 nitrogen and oxygen atoms in total. The van der Waals surface area contributed by atoms with E-state index in [0.29, 0.717) is 13.0 Å². The Morgan fingerprint density at radius 3 is 2.60 bits per heavy atom. The average molecular weight is 421 g/mol. The molecule has 1 aromatic carbocycles. The second-order valence-corrected chi connectivity index (χ2v) is 9.19. The van der Waals surface area contributed by atoms with Gasteiger partial charge in [0.05, 0.1) is 44.4 Å². The highest BCUT2D eigenvalue weighted by Gasteiger charge is 2.48. The molecule has 0 aromatic heterocycles. The number of aliphatic hydroxyl groups excluding tert-OH is 1. The van der Waals surface area contributed by atoms with Gasteiger partial charge in [0.2, 0.25) is 0 Å². The van der Waals surface area contributed by atoms with Crippen molar-refractivity contribution in [3.63, 3.8) is 0 Å². The minimum Gasteiger partial charge on any atom is -0.460 e. The van der Waals surface area contributed by atoms with Gasteiger partial charge in [0.15, 0.2) is 5.79 Å². The fraction of sp³-hybridized carbons (Fsp3) is 0.652. The molecule has 0 saturated carbocycles. The van der Waals surface area contributed by atoms with Crippen molar-refractivity contribution in [1.82, 2.24) is 0 Å². The van der Waals surface area contributed by atoms with E-state index in [1.165, 1.54) is 0 Å². The van der Waals surface area contributed by atoms with Gasteiger partial charge in [-0.2, -0.15) is 0 Å². The normalized spacial score (nSPS) is 29.7. The molecule has 4 atom stereocenters. The monoisotopic (exact) mass is 420 g/mol. The zero-order chi connectivity index (χ0) is 21.8. The Hall–Kier alpha value is -1.80. The van der Waals surface area contributed by atoms with Crippen LogP contribution in [0.3, 0.4) is 0 Å². The Labute approximate surface area is 177 Å². The molecule has 0 unspecified atom stereocenters. The minimum atomic E-state index is -1.22. The molecule has 30 heavy (non-hydrogen) atoms. The number of hydrogen-bond acceptors (Lipinski definition) is 7. The number of carbonyl (C=O) groups is 2. The first kappa shape index (κ1) is 22.9. The van der Waals surface area contributed by atoms with Crippen molar-refractivity contribution in [2.24, 2.45) is 0 Å². The standard InChI is InChI=1S/C23H32O7/c1-22(2,3)30-21(26)11-19-9-17(24)12-23(28-19)13-18(25)10-20(29-23)15-27-14-16-7-5-4-6-8-16/h4-8,17,19-20,24H,9-15H2,1-3H3/t17-,19+,20+,23+/m0/s1. The van der Waals surface area contributed by atoms with Gasteiger partial charge in [-0.15, -0.1) is 0 Å². The smallest absolute Gasteiger partial charge is 0.308 e. The third kappa shape index (κ3) is 6.87. The number of Topliss-reactive ketones (excluding diaryl/α,β-unsaturated/α-hetero) is 1. The minimum absolute atomic E-state index is 0.000297. The lowest BCUT2D eigenvalue weighted by atomic mass is 9.90. The van der Waals surface area contributed by atoms with Crippen LogP contribution in [0.2, 0.25) is 0 Å². The Morgan fingerprint density at radius 2 is 1.90 bits per heavy atom. The molecule has 2 saturated heterocycles. The fourth-order valence-electron chi connectivity index (χ4n) is 4.02. The van der Waals surface area contributed by atoms with Gasteiger partial charge in [-0.25, -0.2) is 0 Å². The maximum Gasteiger partial charge on any atom is 0.308 e. The van der Waals surface area contributed by atoms with E-state index < -0.39 is 35.7 Å². The van der Waals surface area contributed by atoms with E-state index in [9.17, 15) is 14.7 Å². The molecule has 3 rings (SSSR count). The van der Waals surface area contributed by atoms with Gasteiger partial charge in [-0.05, 0) is 26.3 Å². The quantitative estimate of drug-likeness (QED) is 0.708. The van der Waals surface area contributed by atoms with E-state index in [4.69, 9.17) is 18.9 Å². The Kier molecular flexibility index (Phi) is 7.29. The van der Waals surface area contributed by atoms with Gasteiger partial charge >= 0.3 is 5.97 Å². The maximum absolute atomic E-state index is 12.4. The van der Waals surface area contributed by atoms with Crippen LogP contribution in [0.5, 0.6) is 0 Å². The summed E-state index contributed by atoms with van der Waals surface area (Å²) in [5, 5.41) is 10.4. The second-order valence-electron chi connectivity index (χ2n) is 9.19. The van der Waals surface area contributed by atoms with Crippen molar-refractivity contribution < 1.29 is 33.6 Å². The summed E-state index contributed by atoms with van der Waals surface area (Å²) in [7, 11) is 0. The van der Waals surface area contributed by atoms with Crippen molar-refractivity contribution in [2.45, 2.75) is 89.2 Å². The Balaban J connectivity index is 1.58. The van der Waals surface area contributed by atoms with Gasteiger partial charge in [0.25, 0.3) is 0 Å². The number of rotatable bonds is 6. The van der Waals surface area contributed by atoms with E-state index in [1.54, 1.807) is 20.8 Å². The van der Waals surface area contributed by atoms with E-state index >= 15 is 0 Å². The summed E-state index contributed by atoms with van der Waals surface area (Å²) in [5.41, 5.74) is 0.441. The first-order chi connectivity index (χ1) is 14.1. The van der Waals surface area contributed by atoms with Crippen LogP contribution >= 0.6 is 0 Å². The average Bonchev–Trinajstić information content (AvgIpc) is 2.59. The summed E-state index contributed by atoms with van der Waals surface area (Å²) in [6, 6.07) is 9.76. The lowest BCUT2D eigenvalue weighted by molar-refractivity contribution is -0.322. The molecule has 2 aliphatic heterocycles. The van der Waals surface area contributed by atoms with Crippen LogP contribution in [-0.2, 0) is 35.1 Å². The van der Waals surface area contributed by atoms with E-state index in [2.05, 4.69) is 0 Å². The van der Waals surface area contributed by atoms with Crippen LogP contribution in [0.15, 0.2) is 30.3 Å². The predicted octanol–water partition coefficient (Wildman–Crippen LogP) is 2.92. The summed E-state index contributed by atoms with van der Waals surface area (Å²) in [5.74, 6) is -1.62. The zero-order valence-corrected chi connectivity index (χ0v) is 18.0. The predicted molar refractivity (Wildman–Crippen MR) is 109 cm³/mol. The molecule has 1 N–H and O–H groups in total. The molecule has 1 aromatic rings. The highest BCUT2D eigenvalue weighted by atomic mass is 16.7. The van der Waals surface area contributed by atoms with Gasteiger partial charge < -0.3 is 24.1 Å². The van der Waals surface area contributed by atoms with Gasteiger partial charge in [-0.1, -0.05) is 30.3 Å². The van der Waals surface area contributed by atoms with Gasteiger partial charge in [0, 0.05) is 19.3 Å². The van der Waals surface area contributed by atoms with Crippen molar-refractivity contribution in [3.05, 3.63) is 35.9 Å². The number of ether oxygens (including phenoxy) is 4. The van der Waals surface area contributed by atoms with Crippen LogP contribution in [-0.4, -0.2) is 53.2 Å². The molecule has 0 amide bonds. The number of benzene rings is 1. The lowest BCUT2D eigenvalue weighted by Crippen LogP contribution is -2.55. The number of ketones is 1. The number of aliphatic hydroxyl groups is 1. The van der Waals surface area contributed by atoms with Crippen LogP contribution in [0.4, 0.5) is 0 Å². The zero-order valence-electron chi connectivity index (χ0n) is 18.0. The Bertz CT molecular complexity index is 727. The first-order valence-electron chi connectivity index (χ1n) is 10.5. The molecular weight excluding hydrogens is 388 g/mol. The molecule has 2 aliphatic rings. The summed E-state index contributed by atoms with van der Waals surface area (Å²) in [4.78, 5) is 24.6. The topological polar surface area (TPSA) is 91.3 Å². The summed E-state index contributed by atoms with van der Waals surface area (Å²) >= 11 is 0. The highest BCUT2D eigenvalue weighted by Crippen LogP contribution is 2.39. The molecule has 2 heterocycles. The van der Waals surface area contributed by atoms with Crippen molar-refractivity contribution in [3.8, 4) is 0 Å². The highest BCUT2D eigenvalue weighted by molar-refractivity contribution is 5.80. The third-order valence-corrected chi connectivity index (χ3v) is 5.00. The van der Waals surface area contributed by atoms with Crippen LogP contribution in [0.1, 0.15) is 58.4 Å². The van der Waals surface area contributed by atoms with Gasteiger partial charge in [-0.3, -0.25) is 9.59 Å². The molecule has 0 radical (unpaired) electrons. The van der Waals surface area contributed by atoms with Crippen LogP contribution < -0.4 is 0 Å². The molecule has 166 valence electrons. The second kappa shape index (κ2) is 9.56. The summed E-state index contributed by atoms with van der Waals surface area (Å²) in [6.45, 7) is 6.06. The lowest BCUT2D eigenvalue weighted by Gasteiger charge is -2.46. The molecule has 7 heteroatoms. The van der Waals surface area contributed by atoms with Crippen molar-refractivity contribution in [1.29, 1.82) is 0 Å². The van der Waals surface area contributed by atoms with Crippen molar-refractivity contribution >= 4 is 11.8 Å². The van der Waals surface area contributed by atoms with E-state index in [1.807, 2.05) is 30.3 Å². The molecule has 0 aliphatic carbocycles. The molecular formula is C23H32O7. The van der Waals surface area contributed by atoms with Crippen molar-refractivity contribution in [2.75, 3.05) is 6.61 Å². The first-order valence-corrected chi connectivity index (χ1v) is 10.5. The summed E-state index contributed by atoms with van der Waals surface area (Å²) < 4.78 is 23.3. The maximum atomic E-state index is 12.4.